The highest BCUT2D eigenvalue weighted by molar-refractivity contribution is 8.02. The number of fused-ring (bicyclic) bond motifs is 1. The first-order valence-corrected chi connectivity index (χ1v) is 17.0. The molecule has 0 radical (unpaired) electrons. The van der Waals surface area contributed by atoms with Gasteiger partial charge in [0.05, 0.1) is 23.1 Å². The van der Waals surface area contributed by atoms with Crippen LogP contribution in [0.3, 0.4) is 0 Å². The van der Waals surface area contributed by atoms with Crippen molar-refractivity contribution in [1.29, 1.82) is 0 Å². The molecule has 4 heterocycles. The van der Waals surface area contributed by atoms with E-state index in [-0.39, 0.29) is 12.1 Å². The molecule has 0 amide bonds. The third kappa shape index (κ3) is 7.00. The van der Waals surface area contributed by atoms with Crippen molar-refractivity contribution in [3.63, 3.8) is 0 Å². The lowest BCUT2D eigenvalue weighted by Crippen LogP contribution is -2.39. The number of benzene rings is 1. The fourth-order valence-corrected chi connectivity index (χ4v) is 8.10. The molecule has 1 aliphatic heterocycles. The van der Waals surface area contributed by atoms with Gasteiger partial charge in [0.15, 0.2) is 0 Å². The molecule has 0 unspecified atom stereocenters. The second kappa shape index (κ2) is 13.2. The molecular weight excluding hydrogens is 577 g/mol. The van der Waals surface area contributed by atoms with Crippen LogP contribution >= 0.6 is 23.1 Å². The Morgan fingerprint density at radius 3 is 2.68 bits per heavy atom. The number of nitrogens with zero attached hydrogens (tertiary/aromatic N) is 5. The van der Waals surface area contributed by atoms with Gasteiger partial charge < -0.3 is 9.72 Å². The Morgan fingerprint density at radius 1 is 1.22 bits per heavy atom. The maximum Gasteiger partial charge on any atom is 0.316 e. The highest BCUT2D eigenvalue weighted by Gasteiger charge is 2.30. The molecule has 1 N–H and O–H groups in total. The largest absolute Gasteiger partial charge is 0.460 e. The minimum atomic E-state index is -3.69. The number of aromatic nitrogens is 3. The molecule has 0 spiro atoms. The van der Waals surface area contributed by atoms with E-state index in [1.165, 1.54) is 15.6 Å². The quantitative estimate of drug-likeness (QED) is 0.214. The standard InChI is InChI=1S/C29H34N6O3S3/c1-21(2)35(41(36,37)27-9-5-16-40-27)26-8-4-7-22-17-23(33-28(22)26)18-30-19-25(39-3)20-34-14-10-24(11-15-34)38-29-31-12-6-13-32-29/h4-9,12-13,16-19,21,24,33H,10-11,14-15,20H2,1-3H3/b25-19-,30-18?. The minimum Gasteiger partial charge on any atom is -0.460 e. The zero-order valence-corrected chi connectivity index (χ0v) is 25.8. The molecular formula is C29H34N6O3S3. The summed E-state index contributed by atoms with van der Waals surface area (Å²) in [6.45, 7) is 6.47. The third-order valence-electron chi connectivity index (χ3n) is 6.79. The number of hydrogen-bond acceptors (Lipinski definition) is 9. The second-order valence-corrected chi connectivity index (χ2v) is 13.9. The number of rotatable bonds is 11. The Balaban J connectivity index is 1.26. The monoisotopic (exact) mass is 610 g/mol. The molecule has 216 valence electrons. The van der Waals surface area contributed by atoms with Crippen LogP contribution in [0.25, 0.3) is 10.9 Å². The Morgan fingerprint density at radius 2 is 2.00 bits per heavy atom. The summed E-state index contributed by atoms with van der Waals surface area (Å²) in [4.78, 5) is 19.9. The predicted octanol–water partition coefficient (Wildman–Crippen LogP) is 5.79. The third-order valence-corrected chi connectivity index (χ3v) is 10.9. The van der Waals surface area contributed by atoms with Crippen LogP contribution in [0.1, 0.15) is 32.4 Å². The van der Waals surface area contributed by atoms with Gasteiger partial charge in [0.25, 0.3) is 10.0 Å². The molecule has 12 heteroatoms. The maximum atomic E-state index is 13.5. The van der Waals surface area contributed by atoms with Crippen molar-refractivity contribution in [2.75, 3.05) is 30.2 Å². The normalized spacial score (nSPS) is 15.8. The molecule has 1 aliphatic rings. The average molecular weight is 611 g/mol. The number of sulfonamides is 1. The molecule has 1 fully saturated rings. The smallest absolute Gasteiger partial charge is 0.316 e. The lowest BCUT2D eigenvalue weighted by atomic mass is 10.1. The van der Waals surface area contributed by atoms with E-state index in [1.807, 2.05) is 44.3 Å². The topological polar surface area (TPSA) is 104 Å². The summed E-state index contributed by atoms with van der Waals surface area (Å²) in [5.41, 5.74) is 2.20. The molecule has 5 rings (SSSR count). The number of piperidine rings is 1. The predicted molar refractivity (Wildman–Crippen MR) is 169 cm³/mol. The molecule has 0 saturated carbocycles. The number of aliphatic imine (C=N–C) groups is 1. The van der Waals surface area contributed by atoms with Gasteiger partial charge in [0.2, 0.25) is 0 Å². The van der Waals surface area contributed by atoms with E-state index in [1.54, 1.807) is 53.9 Å². The average Bonchev–Trinajstić information content (AvgIpc) is 3.65. The van der Waals surface area contributed by atoms with Gasteiger partial charge in [0.1, 0.15) is 10.3 Å². The Hall–Kier alpha value is -3.19. The van der Waals surface area contributed by atoms with E-state index >= 15 is 0 Å². The molecule has 3 aromatic heterocycles. The van der Waals surface area contributed by atoms with Gasteiger partial charge in [-0.05, 0) is 62.6 Å². The lowest BCUT2D eigenvalue weighted by Gasteiger charge is -2.31. The van der Waals surface area contributed by atoms with Gasteiger partial charge in [0, 0.05) is 54.6 Å². The van der Waals surface area contributed by atoms with E-state index in [0.29, 0.717) is 15.9 Å². The summed E-state index contributed by atoms with van der Waals surface area (Å²) in [7, 11) is -3.69. The minimum absolute atomic E-state index is 0.132. The van der Waals surface area contributed by atoms with Crippen molar-refractivity contribution in [3.8, 4) is 6.01 Å². The van der Waals surface area contributed by atoms with Crippen LogP contribution in [0.5, 0.6) is 6.01 Å². The van der Waals surface area contributed by atoms with Crippen LogP contribution in [-0.2, 0) is 10.0 Å². The number of para-hydroxylation sites is 1. The van der Waals surface area contributed by atoms with Crippen molar-refractivity contribution < 1.29 is 13.2 Å². The first kappa shape index (κ1) is 29.3. The summed E-state index contributed by atoms with van der Waals surface area (Å²) in [5.74, 6) is 0. The van der Waals surface area contributed by atoms with Gasteiger partial charge in [-0.25, -0.2) is 18.4 Å². The fraction of sp³-hybridized carbons (Fsp3) is 0.345. The van der Waals surface area contributed by atoms with Crippen molar-refractivity contribution in [2.45, 2.75) is 43.0 Å². The SMILES string of the molecule is CS/C(=C\N=Cc1cc2cccc(N(C(C)C)S(=O)(=O)c3cccs3)c2[nH]1)CN1CCC(Oc2ncccn2)CC1. The number of H-pyrrole nitrogens is 1. The highest BCUT2D eigenvalue weighted by Crippen LogP contribution is 2.34. The molecule has 0 atom stereocenters. The second-order valence-electron chi connectivity index (χ2n) is 10.00. The maximum absolute atomic E-state index is 13.5. The number of hydrogen-bond donors (Lipinski definition) is 1. The van der Waals surface area contributed by atoms with Gasteiger partial charge >= 0.3 is 6.01 Å². The number of thioether (sulfide) groups is 1. The van der Waals surface area contributed by atoms with E-state index < -0.39 is 10.0 Å². The van der Waals surface area contributed by atoms with Crippen LogP contribution in [0.15, 0.2) is 80.5 Å². The van der Waals surface area contributed by atoms with Crippen LogP contribution in [0, 0.1) is 0 Å². The van der Waals surface area contributed by atoms with Gasteiger partial charge in [-0.15, -0.1) is 23.1 Å². The summed E-state index contributed by atoms with van der Waals surface area (Å²) in [6.07, 6.45) is 11.1. The molecule has 0 bridgehead atoms. The molecule has 9 nitrogen and oxygen atoms in total. The van der Waals surface area contributed by atoms with Crippen molar-refractivity contribution in [3.05, 3.63) is 77.0 Å². The summed E-state index contributed by atoms with van der Waals surface area (Å²) in [6, 6.07) is 13.1. The summed E-state index contributed by atoms with van der Waals surface area (Å²) in [5, 5.41) is 2.71. The number of ether oxygens (including phenoxy) is 1. The number of aromatic amines is 1. The van der Waals surface area contributed by atoms with Gasteiger partial charge in [-0.1, -0.05) is 18.2 Å². The summed E-state index contributed by atoms with van der Waals surface area (Å²) >= 11 is 2.92. The zero-order chi connectivity index (χ0) is 28.8. The molecule has 4 aromatic rings. The fourth-order valence-electron chi connectivity index (χ4n) is 4.87. The molecule has 41 heavy (non-hydrogen) atoms. The zero-order valence-electron chi connectivity index (χ0n) is 23.3. The Bertz CT molecular complexity index is 1590. The Kier molecular flexibility index (Phi) is 9.43. The number of thiophene rings is 1. The molecule has 0 aliphatic carbocycles. The summed E-state index contributed by atoms with van der Waals surface area (Å²) < 4.78 is 34.7. The van der Waals surface area contributed by atoms with Gasteiger partial charge in [-0.3, -0.25) is 14.2 Å². The van der Waals surface area contributed by atoms with Gasteiger partial charge in [-0.2, -0.15) is 0 Å². The Labute approximate surface area is 249 Å². The van der Waals surface area contributed by atoms with Crippen molar-refractivity contribution >= 4 is 55.9 Å². The number of nitrogens with one attached hydrogen (secondary N) is 1. The first-order valence-electron chi connectivity index (χ1n) is 13.5. The van der Waals surface area contributed by atoms with E-state index in [4.69, 9.17) is 4.74 Å². The molecule has 1 aromatic carbocycles. The molecule has 1 saturated heterocycles. The van der Waals surface area contributed by atoms with Crippen LogP contribution in [-0.4, -0.2) is 72.5 Å². The van der Waals surface area contributed by atoms with E-state index in [9.17, 15) is 8.42 Å². The van der Waals surface area contributed by atoms with E-state index in [2.05, 4.69) is 31.1 Å². The highest BCUT2D eigenvalue weighted by atomic mass is 32.2. The van der Waals surface area contributed by atoms with Crippen molar-refractivity contribution in [2.24, 2.45) is 4.99 Å². The van der Waals surface area contributed by atoms with Crippen LogP contribution in [0.4, 0.5) is 5.69 Å². The lowest BCUT2D eigenvalue weighted by molar-refractivity contribution is 0.0981. The van der Waals surface area contributed by atoms with Crippen LogP contribution in [0.2, 0.25) is 0 Å². The number of likely N-dealkylation sites (tertiary alicyclic amines) is 1. The van der Waals surface area contributed by atoms with E-state index in [0.717, 1.165) is 54.0 Å². The number of anilines is 1. The first-order chi connectivity index (χ1) is 19.8. The van der Waals surface area contributed by atoms with Crippen molar-refractivity contribution in [1.82, 2.24) is 19.9 Å². The van der Waals surface area contributed by atoms with Crippen LogP contribution < -0.4 is 9.04 Å².